The van der Waals surface area contributed by atoms with Crippen molar-refractivity contribution in [3.63, 3.8) is 0 Å². The summed E-state index contributed by atoms with van der Waals surface area (Å²) in [4.78, 5) is 34.9. The molecule has 0 aromatic carbocycles. The minimum absolute atomic E-state index is 0.233. The Labute approximate surface area is 109 Å². The zero-order chi connectivity index (χ0) is 14.0. The van der Waals surface area contributed by atoms with Crippen molar-refractivity contribution in [3.8, 4) is 0 Å². The number of rotatable bonds is 7. The van der Waals surface area contributed by atoms with Crippen molar-refractivity contribution in [2.45, 2.75) is 32.6 Å². The first-order valence-electron chi connectivity index (χ1n) is 6.04. The lowest BCUT2D eigenvalue weighted by atomic mass is 10.1. The van der Waals surface area contributed by atoms with Crippen LogP contribution in [0.5, 0.6) is 0 Å². The van der Waals surface area contributed by atoms with Gasteiger partial charge in [-0.1, -0.05) is 6.42 Å². The lowest BCUT2D eigenvalue weighted by Crippen LogP contribution is -2.34. The molecule has 100 valence electrons. The Balaban J connectivity index is 3.96. The van der Waals surface area contributed by atoms with Crippen molar-refractivity contribution >= 4 is 25.6 Å². The first-order chi connectivity index (χ1) is 8.52. The normalized spacial score (nSPS) is 10.3. The molecular weight excluding hydrogens is 233 g/mol. The standard InChI is InChI=1S/C12H20BNO4/c1-10(15)14(11(16)7-8-13)9-5-3-4-6-12(17)18-2/h7-8H,3-6,9,13H2,1-2H3/b8-7+. The van der Waals surface area contributed by atoms with E-state index in [1.165, 1.54) is 25.0 Å². The maximum Gasteiger partial charge on any atom is 0.305 e. The SMILES string of the molecule is B/C=C/C(=O)N(CCCCCC(=O)OC)C(C)=O. The Hall–Kier alpha value is -1.59. The summed E-state index contributed by atoms with van der Waals surface area (Å²) in [6.45, 7) is 1.76. The highest BCUT2D eigenvalue weighted by molar-refractivity contribution is 6.19. The number of carbonyl (C=O) groups is 3. The van der Waals surface area contributed by atoms with Crippen molar-refractivity contribution in [3.05, 3.63) is 12.1 Å². The number of hydrogen-bond acceptors (Lipinski definition) is 4. The summed E-state index contributed by atoms with van der Waals surface area (Å²) in [6.07, 6.45) is 3.92. The van der Waals surface area contributed by atoms with Crippen molar-refractivity contribution in [2.24, 2.45) is 0 Å². The molecule has 0 bridgehead atoms. The topological polar surface area (TPSA) is 63.7 Å². The van der Waals surface area contributed by atoms with Gasteiger partial charge in [-0.3, -0.25) is 19.3 Å². The minimum atomic E-state index is -0.294. The molecule has 0 radical (unpaired) electrons. The second-order valence-corrected chi connectivity index (χ2v) is 3.90. The van der Waals surface area contributed by atoms with E-state index in [9.17, 15) is 14.4 Å². The summed E-state index contributed by atoms with van der Waals surface area (Å²) in [5.74, 6) is 0.822. The van der Waals surface area contributed by atoms with Crippen molar-refractivity contribution in [1.82, 2.24) is 4.90 Å². The number of imide groups is 1. The number of unbranched alkanes of at least 4 members (excludes halogenated alkanes) is 2. The molecule has 0 heterocycles. The summed E-state index contributed by atoms with van der Waals surface area (Å²) in [5.41, 5.74) is 0. The maximum absolute atomic E-state index is 11.5. The van der Waals surface area contributed by atoms with Crippen LogP contribution in [0.3, 0.4) is 0 Å². The van der Waals surface area contributed by atoms with E-state index in [1.54, 1.807) is 13.8 Å². The predicted molar refractivity (Wildman–Crippen MR) is 70.6 cm³/mol. The van der Waals surface area contributed by atoms with Crippen LogP contribution >= 0.6 is 0 Å². The van der Waals surface area contributed by atoms with Crippen LogP contribution in [-0.2, 0) is 19.1 Å². The van der Waals surface area contributed by atoms with Gasteiger partial charge in [-0.2, -0.15) is 0 Å². The molecule has 5 nitrogen and oxygen atoms in total. The Morgan fingerprint density at radius 1 is 1.22 bits per heavy atom. The molecule has 18 heavy (non-hydrogen) atoms. The van der Waals surface area contributed by atoms with E-state index in [0.29, 0.717) is 25.8 Å². The number of esters is 1. The summed E-state index contributed by atoms with van der Waals surface area (Å²) in [5, 5.41) is 0. The van der Waals surface area contributed by atoms with E-state index >= 15 is 0 Å². The van der Waals surface area contributed by atoms with Crippen molar-refractivity contribution in [1.29, 1.82) is 0 Å². The molecule has 0 unspecified atom stereocenters. The third-order valence-electron chi connectivity index (χ3n) is 2.45. The average molecular weight is 253 g/mol. The second kappa shape index (κ2) is 9.45. The molecule has 0 aliphatic carbocycles. The average Bonchev–Trinajstić information content (AvgIpc) is 2.32. The van der Waals surface area contributed by atoms with Gasteiger partial charge in [0.1, 0.15) is 7.85 Å². The third kappa shape index (κ3) is 6.88. The third-order valence-corrected chi connectivity index (χ3v) is 2.45. The second-order valence-electron chi connectivity index (χ2n) is 3.90. The van der Waals surface area contributed by atoms with Gasteiger partial charge < -0.3 is 4.74 Å². The van der Waals surface area contributed by atoms with Gasteiger partial charge in [-0.25, -0.2) is 0 Å². The number of hydrogen-bond donors (Lipinski definition) is 0. The van der Waals surface area contributed by atoms with Crippen LogP contribution in [0.2, 0.25) is 0 Å². The van der Waals surface area contributed by atoms with Crippen LogP contribution in [0.1, 0.15) is 32.6 Å². The van der Waals surface area contributed by atoms with Crippen LogP contribution in [0.15, 0.2) is 12.1 Å². The van der Waals surface area contributed by atoms with E-state index in [2.05, 4.69) is 4.74 Å². The molecule has 0 saturated carbocycles. The molecule has 0 fully saturated rings. The van der Waals surface area contributed by atoms with E-state index < -0.39 is 0 Å². The number of amides is 2. The van der Waals surface area contributed by atoms with Crippen LogP contribution < -0.4 is 0 Å². The van der Waals surface area contributed by atoms with Gasteiger partial charge >= 0.3 is 5.97 Å². The maximum atomic E-state index is 11.5. The quantitative estimate of drug-likeness (QED) is 0.282. The summed E-state index contributed by atoms with van der Waals surface area (Å²) >= 11 is 0. The number of carbonyl (C=O) groups excluding carboxylic acids is 3. The van der Waals surface area contributed by atoms with E-state index in [0.717, 1.165) is 6.42 Å². The zero-order valence-corrected chi connectivity index (χ0v) is 11.3. The van der Waals surface area contributed by atoms with Gasteiger partial charge in [0.2, 0.25) is 5.91 Å². The highest BCUT2D eigenvalue weighted by atomic mass is 16.5. The molecule has 6 heteroatoms. The highest BCUT2D eigenvalue weighted by Gasteiger charge is 2.14. The highest BCUT2D eigenvalue weighted by Crippen LogP contribution is 2.04. The first-order valence-corrected chi connectivity index (χ1v) is 6.04. The monoisotopic (exact) mass is 253 g/mol. The predicted octanol–water partition coefficient (Wildman–Crippen LogP) is 0.242. The molecular formula is C12H20BNO4. The van der Waals surface area contributed by atoms with Crippen LogP contribution in [0, 0.1) is 0 Å². The molecule has 0 aromatic heterocycles. The molecule has 0 N–H and O–H groups in total. The Kier molecular flexibility index (Phi) is 8.61. The number of nitrogens with zero attached hydrogens (tertiary/aromatic N) is 1. The fraction of sp³-hybridized carbons (Fsp3) is 0.583. The van der Waals surface area contributed by atoms with E-state index in [4.69, 9.17) is 0 Å². The largest absolute Gasteiger partial charge is 0.469 e. The lowest BCUT2D eigenvalue weighted by Gasteiger charge is -2.17. The Morgan fingerprint density at radius 3 is 2.39 bits per heavy atom. The van der Waals surface area contributed by atoms with Crippen LogP contribution in [0.25, 0.3) is 0 Å². The smallest absolute Gasteiger partial charge is 0.305 e. The van der Waals surface area contributed by atoms with Gasteiger partial charge in [0, 0.05) is 19.9 Å². The molecule has 0 aliphatic heterocycles. The molecule has 2 amide bonds. The van der Waals surface area contributed by atoms with E-state index in [1.807, 2.05) is 0 Å². The summed E-state index contributed by atoms with van der Waals surface area (Å²) in [7, 11) is 3.09. The summed E-state index contributed by atoms with van der Waals surface area (Å²) in [6, 6.07) is 0. The molecule has 0 atom stereocenters. The van der Waals surface area contributed by atoms with Gasteiger partial charge in [0.05, 0.1) is 7.11 Å². The fourth-order valence-electron chi connectivity index (χ4n) is 1.47. The van der Waals surface area contributed by atoms with E-state index in [-0.39, 0.29) is 17.8 Å². The molecule has 0 spiro atoms. The van der Waals surface area contributed by atoms with Gasteiger partial charge in [-0.15, -0.1) is 5.98 Å². The minimum Gasteiger partial charge on any atom is -0.469 e. The van der Waals surface area contributed by atoms with Crippen LogP contribution in [-0.4, -0.2) is 44.2 Å². The first kappa shape index (κ1) is 16.4. The fourth-order valence-corrected chi connectivity index (χ4v) is 1.47. The van der Waals surface area contributed by atoms with Gasteiger partial charge in [0.15, 0.2) is 0 Å². The van der Waals surface area contributed by atoms with Crippen molar-refractivity contribution in [2.75, 3.05) is 13.7 Å². The Bertz CT molecular complexity index is 328. The zero-order valence-electron chi connectivity index (χ0n) is 11.3. The molecule has 0 saturated heterocycles. The van der Waals surface area contributed by atoms with Gasteiger partial charge in [-0.05, 0) is 18.9 Å². The molecule has 0 aliphatic rings. The number of ether oxygens (including phenoxy) is 1. The van der Waals surface area contributed by atoms with Gasteiger partial charge in [0.25, 0.3) is 5.91 Å². The number of methoxy groups -OCH3 is 1. The molecule has 0 aromatic rings. The lowest BCUT2D eigenvalue weighted by molar-refractivity contribution is -0.142. The Morgan fingerprint density at radius 2 is 1.89 bits per heavy atom. The van der Waals surface area contributed by atoms with Crippen LogP contribution in [0.4, 0.5) is 0 Å². The van der Waals surface area contributed by atoms with Crippen molar-refractivity contribution < 1.29 is 19.1 Å². The molecule has 0 rings (SSSR count). The summed E-state index contributed by atoms with van der Waals surface area (Å²) < 4.78 is 4.52.